The van der Waals surface area contributed by atoms with Crippen molar-refractivity contribution in [3.8, 4) is 11.4 Å². The first kappa shape index (κ1) is 13.9. The van der Waals surface area contributed by atoms with Crippen molar-refractivity contribution in [2.75, 3.05) is 0 Å². The molecule has 0 atom stereocenters. The molecule has 1 aliphatic carbocycles. The number of aromatic nitrogens is 2. The van der Waals surface area contributed by atoms with Crippen molar-refractivity contribution in [2.24, 2.45) is 10.2 Å². The summed E-state index contributed by atoms with van der Waals surface area (Å²) in [5, 5.41) is 11.1. The van der Waals surface area contributed by atoms with Crippen LogP contribution in [0, 0.1) is 0 Å². The van der Waals surface area contributed by atoms with Crippen LogP contribution in [-0.4, -0.2) is 9.97 Å². The number of azo groups is 1. The Kier molecular flexibility index (Phi) is 3.07. The summed E-state index contributed by atoms with van der Waals surface area (Å²) in [6, 6.07) is 26.0. The second-order valence-electron chi connectivity index (χ2n) is 5.91. The number of rotatable bonds is 2. The fraction of sp³-hybridized carbons (Fsp3) is 0. The van der Waals surface area contributed by atoms with Crippen LogP contribution < -0.4 is 0 Å². The first-order chi connectivity index (χ1) is 12.4. The number of nitrogens with one attached hydrogen (secondary N) is 1. The highest BCUT2D eigenvalue weighted by atomic mass is 15.1. The normalized spacial score (nSPS) is 11.8. The average molecular weight is 322 g/mol. The summed E-state index contributed by atoms with van der Waals surface area (Å²) in [7, 11) is 0. The molecule has 0 aromatic heterocycles. The summed E-state index contributed by atoms with van der Waals surface area (Å²) in [6.45, 7) is 0. The highest BCUT2D eigenvalue weighted by Gasteiger charge is 2.20. The molecule has 0 saturated carbocycles. The third-order valence-corrected chi connectivity index (χ3v) is 4.33. The van der Waals surface area contributed by atoms with Crippen molar-refractivity contribution in [1.29, 1.82) is 0 Å². The molecular weight excluding hydrogens is 308 g/mol. The van der Waals surface area contributed by atoms with E-state index in [1.807, 2.05) is 66.7 Å². The van der Waals surface area contributed by atoms with Gasteiger partial charge in [-0.05, 0) is 24.3 Å². The van der Waals surface area contributed by atoms with E-state index in [1.54, 1.807) is 0 Å². The molecule has 3 aromatic rings. The van der Waals surface area contributed by atoms with E-state index in [0.717, 1.165) is 44.6 Å². The van der Waals surface area contributed by atoms with Crippen LogP contribution in [0.25, 0.3) is 33.2 Å². The molecule has 0 radical (unpaired) electrons. The molecule has 0 unspecified atom stereocenters. The van der Waals surface area contributed by atoms with Crippen molar-refractivity contribution in [3.05, 3.63) is 78.9 Å². The molecule has 0 fully saturated rings. The van der Waals surface area contributed by atoms with Gasteiger partial charge in [0, 0.05) is 10.8 Å². The maximum atomic E-state index is 4.85. The second-order valence-corrected chi connectivity index (χ2v) is 5.91. The molecular formula is C21H14N4. The number of hydrogen-bond donors (Lipinski definition) is 1. The minimum absolute atomic E-state index is 0.827. The highest BCUT2D eigenvalue weighted by molar-refractivity contribution is 6.11. The number of aromatic amines is 1. The lowest BCUT2D eigenvalue weighted by molar-refractivity contribution is 1.22. The minimum atomic E-state index is 0.827. The zero-order chi connectivity index (χ0) is 16.6. The van der Waals surface area contributed by atoms with Gasteiger partial charge in [-0.1, -0.05) is 54.6 Å². The predicted molar refractivity (Wildman–Crippen MR) is 101 cm³/mol. The maximum absolute atomic E-state index is 4.85. The van der Waals surface area contributed by atoms with E-state index in [9.17, 15) is 0 Å². The summed E-state index contributed by atoms with van der Waals surface area (Å²) in [6.07, 6.45) is 0. The van der Waals surface area contributed by atoms with Gasteiger partial charge < -0.3 is 4.98 Å². The zero-order valence-corrected chi connectivity index (χ0v) is 13.3. The standard InChI is InChI=1S/C21H14N4/c1-2-8-14(9-3-1)24-25-20-16-11-5-4-10-15(16)19-21(20)23-18-13-7-6-12-17(18)22-19/h1-13,23H. The van der Waals surface area contributed by atoms with Gasteiger partial charge >= 0.3 is 0 Å². The zero-order valence-electron chi connectivity index (χ0n) is 13.3. The van der Waals surface area contributed by atoms with Crippen molar-refractivity contribution in [3.63, 3.8) is 0 Å². The Morgan fingerprint density at radius 3 is 2.28 bits per heavy atom. The lowest BCUT2D eigenvalue weighted by Gasteiger charge is -2.04. The third-order valence-electron chi connectivity index (χ3n) is 4.33. The summed E-state index contributed by atoms with van der Waals surface area (Å²) in [5.41, 5.74) is 5.43. The van der Waals surface area contributed by atoms with E-state index in [1.165, 1.54) is 0 Å². The Bertz CT molecular complexity index is 1190. The molecule has 3 aromatic carbocycles. The van der Waals surface area contributed by atoms with Gasteiger partial charge in [0.25, 0.3) is 0 Å². The molecule has 1 heterocycles. The lowest BCUT2D eigenvalue weighted by Crippen LogP contribution is -1.89. The van der Waals surface area contributed by atoms with Crippen molar-refractivity contribution in [1.82, 2.24) is 9.97 Å². The molecule has 0 amide bonds. The SMILES string of the molecule is c1ccc(N=Nc2c3[nH]c4ccccc4nc-3c3ccccc23)cc1. The van der Waals surface area contributed by atoms with Crippen molar-refractivity contribution in [2.45, 2.75) is 0 Å². The van der Waals surface area contributed by atoms with Gasteiger partial charge in [-0.3, -0.25) is 0 Å². The highest BCUT2D eigenvalue weighted by Crippen LogP contribution is 2.43. The minimum Gasteiger partial charge on any atom is -0.350 e. The largest absolute Gasteiger partial charge is 0.350 e. The molecule has 118 valence electrons. The van der Waals surface area contributed by atoms with Gasteiger partial charge in [-0.2, -0.15) is 5.11 Å². The average Bonchev–Trinajstić information content (AvgIpc) is 2.98. The lowest BCUT2D eigenvalue weighted by atomic mass is 10.2. The topological polar surface area (TPSA) is 53.4 Å². The molecule has 2 aliphatic rings. The molecule has 4 heteroatoms. The van der Waals surface area contributed by atoms with Crippen LogP contribution >= 0.6 is 0 Å². The molecule has 5 rings (SSSR count). The Balaban J connectivity index is 1.81. The van der Waals surface area contributed by atoms with Gasteiger partial charge in [0.05, 0.1) is 28.1 Å². The van der Waals surface area contributed by atoms with Crippen LogP contribution in [0.1, 0.15) is 0 Å². The van der Waals surface area contributed by atoms with E-state index >= 15 is 0 Å². The number of hydrogen-bond acceptors (Lipinski definition) is 3. The van der Waals surface area contributed by atoms with Crippen molar-refractivity contribution >= 4 is 33.2 Å². The van der Waals surface area contributed by atoms with Crippen LogP contribution in [-0.2, 0) is 0 Å². The van der Waals surface area contributed by atoms with E-state index < -0.39 is 0 Å². The van der Waals surface area contributed by atoms with Crippen LogP contribution in [0.2, 0.25) is 0 Å². The monoisotopic (exact) mass is 322 g/mol. The van der Waals surface area contributed by atoms with Crippen LogP contribution in [0.5, 0.6) is 0 Å². The van der Waals surface area contributed by atoms with Crippen LogP contribution in [0.4, 0.5) is 11.4 Å². The third kappa shape index (κ3) is 2.27. The smallest absolute Gasteiger partial charge is 0.119 e. The summed E-state index contributed by atoms with van der Waals surface area (Å²) < 4.78 is 0. The number of nitrogens with zero attached hydrogens (tertiary/aromatic N) is 3. The van der Waals surface area contributed by atoms with E-state index in [-0.39, 0.29) is 0 Å². The fourth-order valence-electron chi connectivity index (χ4n) is 3.15. The quantitative estimate of drug-likeness (QED) is 0.384. The number of H-pyrrole nitrogens is 1. The molecule has 1 aliphatic heterocycles. The first-order valence-corrected chi connectivity index (χ1v) is 8.16. The molecule has 0 bridgehead atoms. The molecule has 4 nitrogen and oxygen atoms in total. The Morgan fingerprint density at radius 2 is 1.40 bits per heavy atom. The number of para-hydroxylation sites is 2. The van der Waals surface area contributed by atoms with Gasteiger partial charge in [0.15, 0.2) is 0 Å². The van der Waals surface area contributed by atoms with E-state index in [2.05, 4.69) is 27.3 Å². The van der Waals surface area contributed by atoms with Crippen LogP contribution in [0.3, 0.4) is 0 Å². The predicted octanol–water partition coefficient (Wildman–Crippen LogP) is 6.24. The second kappa shape index (κ2) is 5.53. The van der Waals surface area contributed by atoms with Gasteiger partial charge in [0.1, 0.15) is 5.69 Å². The van der Waals surface area contributed by atoms with E-state index in [0.29, 0.717) is 0 Å². The Hall–Kier alpha value is -3.53. The molecule has 0 saturated heterocycles. The summed E-state index contributed by atoms with van der Waals surface area (Å²) >= 11 is 0. The van der Waals surface area contributed by atoms with Gasteiger partial charge in [0.2, 0.25) is 0 Å². The summed E-state index contributed by atoms with van der Waals surface area (Å²) in [5.74, 6) is 0. The number of benzene rings is 3. The Labute approximate surface area is 144 Å². The molecule has 25 heavy (non-hydrogen) atoms. The molecule has 1 N–H and O–H groups in total. The maximum Gasteiger partial charge on any atom is 0.119 e. The molecule has 0 spiro atoms. The van der Waals surface area contributed by atoms with Gasteiger partial charge in [-0.15, -0.1) is 5.11 Å². The van der Waals surface area contributed by atoms with Crippen LogP contribution in [0.15, 0.2) is 89.1 Å². The Morgan fingerprint density at radius 1 is 0.680 bits per heavy atom. The first-order valence-electron chi connectivity index (χ1n) is 8.16. The van der Waals surface area contributed by atoms with Gasteiger partial charge in [-0.25, -0.2) is 4.98 Å². The van der Waals surface area contributed by atoms with Crippen molar-refractivity contribution < 1.29 is 0 Å². The van der Waals surface area contributed by atoms with E-state index in [4.69, 9.17) is 4.98 Å². The number of fused-ring (bicyclic) bond motifs is 4. The summed E-state index contributed by atoms with van der Waals surface area (Å²) in [4.78, 5) is 8.34. The fourth-order valence-corrected chi connectivity index (χ4v) is 3.15.